The molecular weight excluding hydrogens is 1900 g/mol. The fraction of sp³-hybridized carbons (Fsp3) is 0.500. The van der Waals surface area contributed by atoms with Gasteiger partial charge in [0, 0.05) is 218 Å². The third kappa shape index (κ3) is 120. The molecule has 1 nitrogen and oxygen atoms in total. The Bertz CT molecular complexity index is 24.8. The second-order valence-electron chi connectivity index (χ2n) is 0.493. The second kappa shape index (κ2) is 105. The summed E-state index contributed by atoms with van der Waals surface area (Å²) in [5, 5.41) is 0. The first-order valence-electron chi connectivity index (χ1n) is 1.90. The number of rotatable bonds is 1. The monoisotopic (exact) mass is 1920 g/mol. The molecule has 0 aromatic carbocycles. The average Bonchev–Trinajstić information content (AvgIpc) is 1.72. The maximum absolute atomic E-state index is 5.50. The summed E-state index contributed by atoms with van der Waals surface area (Å²) < 4.78 is 9.93. The van der Waals surface area contributed by atoms with Crippen LogP contribution in [0.2, 0.25) is 0 Å². The Hall–Kier alpha value is 6.84. The van der Waals surface area contributed by atoms with Crippen LogP contribution in [0.3, 0.4) is 0 Å². The molecule has 0 aliphatic heterocycles. The third-order valence-electron chi connectivity index (χ3n) is 0.204. The van der Waals surface area contributed by atoms with Gasteiger partial charge in [-0.15, -0.1) is 0 Å². The Kier molecular flexibility index (Phi) is 565. The second-order valence-corrected chi connectivity index (χ2v) is 0.493. The van der Waals surface area contributed by atoms with E-state index < -0.39 is 0 Å². The summed E-state index contributed by atoms with van der Waals surface area (Å²) in [5.41, 5.74) is 0. The van der Waals surface area contributed by atoms with Crippen LogP contribution in [0.15, 0.2) is 0 Å². The van der Waals surface area contributed by atoms with Gasteiger partial charge in [0.25, 0.3) is 0 Å². The van der Waals surface area contributed by atoms with Crippen molar-refractivity contribution in [2.45, 2.75) is 0 Å². The summed E-state index contributed by atoms with van der Waals surface area (Å²) in [6.45, 7) is 3.95. The third-order valence-corrected chi connectivity index (χ3v) is 0.204. The Morgan fingerprint density at radius 1 is 0.800 bits per heavy atom. The molecule has 0 aliphatic carbocycles. The van der Waals surface area contributed by atoms with E-state index in [-0.39, 0.29) is 211 Å². The summed E-state index contributed by atoms with van der Waals surface area (Å²) in [6.07, 6.45) is 0. The smallest absolute Gasteiger partial charge is 0.0319 e. The molecule has 0 rings (SSSR count). The van der Waals surface area contributed by atoms with Gasteiger partial charge in [-0.05, 0) is 0 Å². The van der Waals surface area contributed by atoms with Crippen molar-refractivity contribution in [1.29, 1.82) is 0 Å². The maximum atomic E-state index is 5.50. The van der Waals surface area contributed by atoms with Gasteiger partial charge in [-0.3, -0.25) is 0 Å². The topological polar surface area (TPSA) is 9.23 Å². The molecule has 0 aromatic rings. The van der Waals surface area contributed by atoms with Crippen molar-refractivity contribution in [2.24, 2.45) is 0 Å². The standard InChI is InChI=1S/C3H7O.CH3.10W/c1-3-4-2;;;;;;;;;;;/h1,3H2,2H3;1H3;;;;;;;;;;/q2*-1;;;;;;;;;;/i;1T;;;;;;;;;;. The van der Waals surface area contributed by atoms with Crippen molar-refractivity contribution in [3.63, 3.8) is 0 Å². The molecule has 0 fully saturated rings. The number of hydrogen-bond donors (Lipinski definition) is 0. The molecule has 0 atom stereocenters. The van der Waals surface area contributed by atoms with Gasteiger partial charge >= 0.3 is 0 Å². The summed E-state index contributed by atoms with van der Waals surface area (Å²) in [7, 11) is 4.12. The molecule has 11 heteroatoms. The SMILES string of the molecule is [3H][CH2-].[CH2-]COC.[W].[W].[W].[W].[W].[W].[W].[W].[W].[W]. The molecule has 0 radical (unpaired) electrons. The molecule has 0 N–H and O–H groups in total. The fourth-order valence-corrected chi connectivity index (χ4v) is 0. The minimum atomic E-state index is 0. The van der Waals surface area contributed by atoms with Crippen LogP contribution in [-0.2, 0) is 215 Å². The Morgan fingerprint density at radius 3 is 0.867 bits per heavy atom. The molecule has 15 heavy (non-hydrogen) atoms. The quantitative estimate of drug-likeness (QED) is 0.356. The first kappa shape index (κ1) is 80.7. The van der Waals surface area contributed by atoms with E-state index in [1.54, 1.807) is 7.11 Å². The van der Waals surface area contributed by atoms with Gasteiger partial charge in [-0.1, -0.05) is 6.61 Å². The van der Waals surface area contributed by atoms with E-state index >= 15 is 0 Å². The van der Waals surface area contributed by atoms with Gasteiger partial charge in [0.1, 0.15) is 0 Å². The van der Waals surface area contributed by atoms with Crippen molar-refractivity contribution in [2.75, 3.05) is 13.7 Å². The Balaban J connectivity index is -0.00000000129. The molecule has 0 amide bonds. The first-order valence-corrected chi connectivity index (χ1v) is 1.20. The van der Waals surface area contributed by atoms with Crippen LogP contribution in [0.5, 0.6) is 0 Å². The van der Waals surface area contributed by atoms with E-state index in [2.05, 4.69) is 19.1 Å². The molecule has 94 valence electrons. The van der Waals surface area contributed by atoms with Crippen molar-refractivity contribution >= 4 is 0 Å². The van der Waals surface area contributed by atoms with Crippen LogP contribution in [0.1, 0.15) is 1.37 Å². The van der Waals surface area contributed by atoms with Crippen LogP contribution in [0.25, 0.3) is 0 Å². The van der Waals surface area contributed by atoms with Crippen molar-refractivity contribution < 1.29 is 217 Å². The summed E-state index contributed by atoms with van der Waals surface area (Å²) in [5.74, 6) is 0. The molecule has 0 heterocycles. The van der Waals surface area contributed by atoms with Crippen LogP contribution >= 0.6 is 0 Å². The zero-order valence-corrected chi connectivity index (χ0v) is 36.9. The molecule has 0 aliphatic rings. The zero-order chi connectivity index (χ0) is 5.41. The van der Waals surface area contributed by atoms with Gasteiger partial charge in [-0.2, -0.15) is 0 Å². The normalized spacial score (nSPS) is 2.47. The van der Waals surface area contributed by atoms with E-state index in [1.165, 1.54) is 0 Å². The first-order chi connectivity index (χ1) is 2.91. The summed E-state index contributed by atoms with van der Waals surface area (Å²) in [6, 6.07) is 0. The van der Waals surface area contributed by atoms with Crippen LogP contribution in [-0.4, -0.2) is 13.7 Å². The molecule has 0 saturated heterocycles. The number of hydrogen-bond acceptors (Lipinski definition) is 1. The van der Waals surface area contributed by atoms with E-state index in [0.717, 1.165) is 0 Å². The predicted octanol–water partition coefficient (Wildman–Crippen LogP) is 0.892. The molecule has 0 aromatic heterocycles. The minimum Gasteiger partial charge on any atom is -0.417 e. The van der Waals surface area contributed by atoms with E-state index in [1.807, 2.05) is 0 Å². The average molecular weight is 1910 g/mol. The van der Waals surface area contributed by atoms with Crippen molar-refractivity contribution in [3.05, 3.63) is 14.3 Å². The summed E-state index contributed by atoms with van der Waals surface area (Å²) in [4.78, 5) is 0. The van der Waals surface area contributed by atoms with Gasteiger partial charge in [0.2, 0.25) is 0 Å². The van der Waals surface area contributed by atoms with E-state index in [4.69, 9.17) is 1.37 Å². The molecule has 0 spiro atoms. The van der Waals surface area contributed by atoms with Crippen LogP contribution < -0.4 is 0 Å². The van der Waals surface area contributed by atoms with Gasteiger partial charge in [0.15, 0.2) is 0 Å². The summed E-state index contributed by atoms with van der Waals surface area (Å²) >= 11 is 0. The molecule has 0 unspecified atom stereocenters. The van der Waals surface area contributed by atoms with Crippen molar-refractivity contribution in [1.82, 2.24) is 0 Å². The fourth-order valence-electron chi connectivity index (χ4n) is 0. The van der Waals surface area contributed by atoms with Gasteiger partial charge < -0.3 is 19.1 Å². The predicted molar refractivity (Wildman–Crippen MR) is 23.6 cm³/mol. The maximum Gasteiger partial charge on any atom is 0.0319 e. The molecule has 0 saturated carbocycles. The Morgan fingerprint density at radius 2 is 0.867 bits per heavy atom. The van der Waals surface area contributed by atoms with Crippen LogP contribution in [0, 0.1) is 14.3 Å². The van der Waals surface area contributed by atoms with Crippen molar-refractivity contribution in [3.8, 4) is 0 Å². The number of methoxy groups -OCH3 is 1. The van der Waals surface area contributed by atoms with Gasteiger partial charge in [0.05, 0.1) is 0 Å². The van der Waals surface area contributed by atoms with E-state index in [9.17, 15) is 0 Å². The van der Waals surface area contributed by atoms with Gasteiger partial charge in [-0.25, -0.2) is 1.37 Å². The van der Waals surface area contributed by atoms with E-state index in [0.29, 0.717) is 6.61 Å². The van der Waals surface area contributed by atoms with Crippen LogP contribution in [0.4, 0.5) is 0 Å². The molecule has 0 bridgehead atoms. The largest absolute Gasteiger partial charge is 0.417 e. The number of ether oxygens (including phenoxy) is 1. The molecular formula is C4H10OW10-2. The Labute approximate surface area is 239 Å². The zero-order valence-electron chi connectivity index (χ0n) is 8.61. The minimum absolute atomic E-state index is 0.